The van der Waals surface area contributed by atoms with Gasteiger partial charge in [-0.05, 0) is 42.3 Å². The second-order valence-corrected chi connectivity index (χ2v) is 6.77. The molecule has 6 nitrogen and oxygen atoms in total. The molecule has 4 rings (SSSR count). The van der Waals surface area contributed by atoms with Crippen LogP contribution in [-0.4, -0.2) is 38.8 Å². The molecule has 1 N–H and O–H groups in total. The first-order chi connectivity index (χ1) is 13.7. The Bertz CT molecular complexity index is 949. The van der Waals surface area contributed by atoms with E-state index >= 15 is 0 Å². The molecule has 142 valence electrons. The van der Waals surface area contributed by atoms with Gasteiger partial charge in [-0.25, -0.2) is 19.3 Å². The molecule has 1 aliphatic heterocycles. The van der Waals surface area contributed by atoms with Crippen LogP contribution >= 0.6 is 0 Å². The maximum Gasteiger partial charge on any atom is 0.228 e. The van der Waals surface area contributed by atoms with E-state index in [1.165, 1.54) is 12.1 Å². The zero-order valence-corrected chi connectivity index (χ0v) is 15.3. The molecule has 1 aliphatic rings. The molecular weight excluding hydrogens is 357 g/mol. The summed E-state index contributed by atoms with van der Waals surface area (Å²) >= 11 is 0. The lowest BCUT2D eigenvalue weighted by molar-refractivity contribution is -0.129. The lowest BCUT2D eigenvalue weighted by Crippen LogP contribution is -2.30. The Morgan fingerprint density at radius 1 is 1.11 bits per heavy atom. The standard InChI is InChI=1S/C21H20FN5O/c22-17-6-4-15(5-7-17)13-20(28)27-12-9-16(14-27)18-8-11-24-21(25-18)26-19-3-1-2-10-23-19/h1-8,10-11,16H,9,12-14H2,(H,23,24,25,26)/t16-/m0/s1. The Kier molecular flexibility index (Phi) is 5.23. The Morgan fingerprint density at radius 2 is 1.96 bits per heavy atom. The van der Waals surface area contributed by atoms with Gasteiger partial charge in [-0.1, -0.05) is 18.2 Å². The van der Waals surface area contributed by atoms with Gasteiger partial charge >= 0.3 is 0 Å². The first kappa shape index (κ1) is 18.0. The summed E-state index contributed by atoms with van der Waals surface area (Å²) < 4.78 is 13.0. The topological polar surface area (TPSA) is 71.0 Å². The van der Waals surface area contributed by atoms with E-state index in [4.69, 9.17) is 0 Å². The summed E-state index contributed by atoms with van der Waals surface area (Å²) in [7, 11) is 0. The minimum absolute atomic E-state index is 0.0509. The van der Waals surface area contributed by atoms with E-state index in [1.807, 2.05) is 29.2 Å². The number of benzene rings is 1. The molecular formula is C21H20FN5O. The predicted molar refractivity (Wildman–Crippen MR) is 104 cm³/mol. The third kappa shape index (κ3) is 4.31. The molecule has 3 aromatic rings. The second kappa shape index (κ2) is 8.12. The summed E-state index contributed by atoms with van der Waals surface area (Å²) in [4.78, 5) is 27.5. The van der Waals surface area contributed by atoms with Gasteiger partial charge < -0.3 is 10.2 Å². The fourth-order valence-electron chi connectivity index (χ4n) is 3.33. The number of rotatable bonds is 5. The summed E-state index contributed by atoms with van der Waals surface area (Å²) in [5, 5.41) is 3.09. The molecule has 2 aromatic heterocycles. The highest BCUT2D eigenvalue weighted by molar-refractivity contribution is 5.79. The van der Waals surface area contributed by atoms with Crippen LogP contribution in [0, 0.1) is 5.82 Å². The first-order valence-electron chi connectivity index (χ1n) is 9.20. The van der Waals surface area contributed by atoms with Crippen LogP contribution < -0.4 is 5.32 Å². The molecule has 1 fully saturated rings. The van der Waals surface area contributed by atoms with Crippen LogP contribution in [0.25, 0.3) is 0 Å². The number of nitrogens with zero attached hydrogens (tertiary/aromatic N) is 4. The number of carbonyl (C=O) groups is 1. The first-order valence-corrected chi connectivity index (χ1v) is 9.20. The van der Waals surface area contributed by atoms with Crippen molar-refractivity contribution in [1.82, 2.24) is 19.9 Å². The van der Waals surface area contributed by atoms with Gasteiger partial charge in [0.15, 0.2) is 0 Å². The van der Waals surface area contributed by atoms with Crippen LogP contribution in [0.4, 0.5) is 16.2 Å². The van der Waals surface area contributed by atoms with Gasteiger partial charge in [0.25, 0.3) is 0 Å². The van der Waals surface area contributed by atoms with E-state index in [-0.39, 0.29) is 24.1 Å². The number of carbonyl (C=O) groups excluding carboxylic acids is 1. The van der Waals surface area contributed by atoms with Crippen LogP contribution in [0.15, 0.2) is 60.9 Å². The lowest BCUT2D eigenvalue weighted by atomic mass is 10.1. The molecule has 7 heteroatoms. The van der Waals surface area contributed by atoms with Crippen molar-refractivity contribution in [3.05, 3.63) is 78.0 Å². The quantitative estimate of drug-likeness (QED) is 0.739. The summed E-state index contributed by atoms with van der Waals surface area (Å²) in [5.41, 5.74) is 1.73. The molecule has 0 unspecified atom stereocenters. The van der Waals surface area contributed by atoms with Crippen LogP contribution in [0.2, 0.25) is 0 Å². The number of likely N-dealkylation sites (tertiary alicyclic amines) is 1. The highest BCUT2D eigenvalue weighted by Gasteiger charge is 2.28. The molecule has 1 aromatic carbocycles. The highest BCUT2D eigenvalue weighted by Crippen LogP contribution is 2.27. The number of nitrogens with one attached hydrogen (secondary N) is 1. The molecule has 1 amide bonds. The molecule has 3 heterocycles. The fraction of sp³-hybridized carbons (Fsp3) is 0.238. The van der Waals surface area contributed by atoms with Crippen molar-refractivity contribution < 1.29 is 9.18 Å². The number of aromatic nitrogens is 3. The van der Waals surface area contributed by atoms with Crippen molar-refractivity contribution in [2.75, 3.05) is 18.4 Å². The van der Waals surface area contributed by atoms with Gasteiger partial charge in [0.1, 0.15) is 11.6 Å². The molecule has 28 heavy (non-hydrogen) atoms. The third-order valence-electron chi connectivity index (χ3n) is 4.81. The van der Waals surface area contributed by atoms with E-state index in [0.29, 0.717) is 24.9 Å². The molecule has 1 saturated heterocycles. The number of hydrogen-bond acceptors (Lipinski definition) is 5. The average Bonchev–Trinajstić information content (AvgIpc) is 3.21. The summed E-state index contributed by atoms with van der Waals surface area (Å²) in [6, 6.07) is 13.5. The van der Waals surface area contributed by atoms with Gasteiger partial charge in [0, 0.05) is 31.4 Å². The van der Waals surface area contributed by atoms with Crippen molar-refractivity contribution in [2.24, 2.45) is 0 Å². The number of hydrogen-bond donors (Lipinski definition) is 1. The smallest absolute Gasteiger partial charge is 0.228 e. The van der Waals surface area contributed by atoms with Crippen molar-refractivity contribution in [3.8, 4) is 0 Å². The molecule has 0 radical (unpaired) electrons. The van der Waals surface area contributed by atoms with E-state index in [0.717, 1.165) is 17.7 Å². The normalized spacial score (nSPS) is 16.2. The lowest BCUT2D eigenvalue weighted by Gasteiger charge is -2.17. The monoisotopic (exact) mass is 377 g/mol. The molecule has 0 saturated carbocycles. The van der Waals surface area contributed by atoms with Crippen LogP contribution in [0.1, 0.15) is 23.6 Å². The Morgan fingerprint density at radius 3 is 2.75 bits per heavy atom. The van der Waals surface area contributed by atoms with E-state index in [2.05, 4.69) is 20.3 Å². The average molecular weight is 377 g/mol. The number of amides is 1. The summed E-state index contributed by atoms with van der Waals surface area (Å²) in [6.07, 6.45) is 4.56. The van der Waals surface area contributed by atoms with Gasteiger partial charge in [-0.2, -0.15) is 0 Å². The van der Waals surface area contributed by atoms with Gasteiger partial charge in [-0.15, -0.1) is 0 Å². The van der Waals surface area contributed by atoms with E-state index in [9.17, 15) is 9.18 Å². The fourth-order valence-corrected chi connectivity index (χ4v) is 3.33. The van der Waals surface area contributed by atoms with Gasteiger partial charge in [0.2, 0.25) is 11.9 Å². The van der Waals surface area contributed by atoms with Crippen LogP contribution in [0.3, 0.4) is 0 Å². The van der Waals surface area contributed by atoms with E-state index in [1.54, 1.807) is 24.5 Å². The number of anilines is 2. The Balaban J connectivity index is 1.39. The largest absolute Gasteiger partial charge is 0.342 e. The van der Waals surface area contributed by atoms with Crippen molar-refractivity contribution >= 4 is 17.7 Å². The number of pyridine rings is 1. The third-order valence-corrected chi connectivity index (χ3v) is 4.81. The molecule has 0 bridgehead atoms. The predicted octanol–water partition coefficient (Wildman–Crippen LogP) is 3.31. The van der Waals surface area contributed by atoms with Crippen LogP contribution in [-0.2, 0) is 11.2 Å². The van der Waals surface area contributed by atoms with Crippen molar-refractivity contribution in [3.63, 3.8) is 0 Å². The van der Waals surface area contributed by atoms with Gasteiger partial charge in [-0.3, -0.25) is 4.79 Å². The Labute approximate surface area is 162 Å². The van der Waals surface area contributed by atoms with Crippen molar-refractivity contribution in [1.29, 1.82) is 0 Å². The summed E-state index contributed by atoms with van der Waals surface area (Å²) in [5.74, 6) is 1.10. The van der Waals surface area contributed by atoms with Gasteiger partial charge in [0.05, 0.1) is 12.1 Å². The SMILES string of the molecule is O=C(Cc1ccc(F)cc1)N1CC[C@H](c2ccnc(Nc3ccccn3)n2)C1. The zero-order valence-electron chi connectivity index (χ0n) is 15.3. The van der Waals surface area contributed by atoms with Crippen molar-refractivity contribution in [2.45, 2.75) is 18.8 Å². The number of halogens is 1. The highest BCUT2D eigenvalue weighted by atomic mass is 19.1. The van der Waals surface area contributed by atoms with E-state index < -0.39 is 0 Å². The molecule has 0 spiro atoms. The maximum atomic E-state index is 13.0. The van der Waals surface area contributed by atoms with Crippen LogP contribution in [0.5, 0.6) is 0 Å². The molecule has 1 atom stereocenters. The second-order valence-electron chi connectivity index (χ2n) is 6.77. The minimum Gasteiger partial charge on any atom is -0.342 e. The molecule has 0 aliphatic carbocycles. The zero-order chi connectivity index (χ0) is 19.3. The maximum absolute atomic E-state index is 13.0. The summed E-state index contributed by atoms with van der Waals surface area (Å²) in [6.45, 7) is 1.32. The minimum atomic E-state index is -0.295. The Hall–Kier alpha value is -3.35.